The Bertz CT molecular complexity index is 881. The van der Waals surface area contributed by atoms with Crippen molar-refractivity contribution in [1.29, 1.82) is 0 Å². The lowest BCUT2D eigenvalue weighted by molar-refractivity contribution is -0.286. The molecule has 0 saturated carbocycles. The van der Waals surface area contributed by atoms with Crippen LogP contribution in [-0.4, -0.2) is 23.0 Å². The van der Waals surface area contributed by atoms with Crippen LogP contribution < -0.4 is 20.5 Å². The number of ether oxygens (including phenoxy) is 2. The number of carbonyl (C=O) groups is 1. The van der Waals surface area contributed by atoms with Crippen LogP contribution in [0.5, 0.6) is 11.5 Å². The van der Waals surface area contributed by atoms with Gasteiger partial charge in [0.05, 0.1) is 11.3 Å². The molecule has 0 saturated heterocycles. The molecule has 24 heavy (non-hydrogen) atoms. The first-order chi connectivity index (χ1) is 11.4. The summed E-state index contributed by atoms with van der Waals surface area (Å²) in [6.45, 7) is 0. The van der Waals surface area contributed by atoms with Gasteiger partial charge in [0, 0.05) is 18.7 Å². The standard InChI is InChI=1S/C15H10F2N4O3/c16-15(17)23-10-3-8-4-13(20-9(8)5-11(10)24-15)21-14(22)7-1-2-12(18)19-6-7/h1-3,5-6H,4H2,(H2,18,19)(H,20,21,22). The number of carbonyl (C=O) groups excluding carboxylic acids is 1. The Morgan fingerprint density at radius 3 is 2.71 bits per heavy atom. The average Bonchev–Trinajstić information content (AvgIpc) is 3.01. The van der Waals surface area contributed by atoms with Gasteiger partial charge in [0.25, 0.3) is 5.91 Å². The van der Waals surface area contributed by atoms with Crippen LogP contribution in [0, 0.1) is 0 Å². The average molecular weight is 332 g/mol. The molecule has 7 nitrogen and oxygen atoms in total. The number of nitrogen functional groups attached to an aromatic ring is 1. The number of hydrogen-bond donors (Lipinski definition) is 2. The van der Waals surface area contributed by atoms with Crippen molar-refractivity contribution < 1.29 is 23.0 Å². The highest BCUT2D eigenvalue weighted by molar-refractivity contribution is 6.09. The van der Waals surface area contributed by atoms with Gasteiger partial charge in [0.15, 0.2) is 11.5 Å². The van der Waals surface area contributed by atoms with E-state index in [2.05, 4.69) is 24.8 Å². The van der Waals surface area contributed by atoms with E-state index < -0.39 is 6.29 Å². The molecule has 3 N–H and O–H groups in total. The Morgan fingerprint density at radius 2 is 2.00 bits per heavy atom. The number of hydrogen-bond acceptors (Lipinski definition) is 6. The summed E-state index contributed by atoms with van der Waals surface area (Å²) < 4.78 is 34.9. The van der Waals surface area contributed by atoms with Gasteiger partial charge in [-0.1, -0.05) is 0 Å². The molecule has 0 fully saturated rings. The van der Waals surface area contributed by atoms with E-state index in [0.717, 1.165) is 0 Å². The molecule has 0 atom stereocenters. The molecule has 1 aromatic carbocycles. The number of aliphatic imine (C=N–C) groups is 1. The van der Waals surface area contributed by atoms with Crippen LogP contribution in [0.3, 0.4) is 0 Å². The summed E-state index contributed by atoms with van der Waals surface area (Å²) in [5, 5.41) is 2.65. The number of benzene rings is 1. The van der Waals surface area contributed by atoms with Crippen molar-refractivity contribution in [1.82, 2.24) is 10.3 Å². The summed E-state index contributed by atoms with van der Waals surface area (Å²) >= 11 is 0. The summed E-state index contributed by atoms with van der Waals surface area (Å²) in [6, 6.07) is 5.84. The first kappa shape index (κ1) is 14.4. The fourth-order valence-corrected chi connectivity index (χ4v) is 2.45. The van der Waals surface area contributed by atoms with E-state index in [1.165, 1.54) is 24.4 Å². The van der Waals surface area contributed by atoms with Crippen molar-refractivity contribution in [2.45, 2.75) is 12.7 Å². The molecule has 4 rings (SSSR count). The van der Waals surface area contributed by atoms with E-state index in [-0.39, 0.29) is 23.8 Å². The first-order valence-corrected chi connectivity index (χ1v) is 6.93. The van der Waals surface area contributed by atoms with Gasteiger partial charge < -0.3 is 20.5 Å². The summed E-state index contributed by atoms with van der Waals surface area (Å²) in [5.41, 5.74) is 6.90. The van der Waals surface area contributed by atoms with Crippen molar-refractivity contribution in [3.05, 3.63) is 41.6 Å². The maximum atomic E-state index is 13.0. The Kier molecular flexibility index (Phi) is 2.92. The number of amidine groups is 1. The quantitative estimate of drug-likeness (QED) is 0.832. The molecule has 122 valence electrons. The van der Waals surface area contributed by atoms with Gasteiger partial charge in [0.1, 0.15) is 11.7 Å². The third-order valence-corrected chi connectivity index (χ3v) is 3.52. The van der Waals surface area contributed by atoms with E-state index >= 15 is 0 Å². The van der Waals surface area contributed by atoms with Crippen molar-refractivity contribution in [2.75, 3.05) is 5.73 Å². The molecule has 2 aliphatic rings. The number of aromatic nitrogens is 1. The second-order valence-corrected chi connectivity index (χ2v) is 5.26. The molecular formula is C15H10F2N4O3. The number of rotatable bonds is 1. The van der Waals surface area contributed by atoms with Crippen molar-refractivity contribution in [2.24, 2.45) is 4.99 Å². The number of alkyl halides is 2. The smallest absolute Gasteiger partial charge is 0.395 e. The first-order valence-electron chi connectivity index (χ1n) is 6.93. The zero-order valence-electron chi connectivity index (χ0n) is 12.0. The highest BCUT2D eigenvalue weighted by Crippen LogP contribution is 2.45. The number of fused-ring (bicyclic) bond motifs is 2. The summed E-state index contributed by atoms with van der Waals surface area (Å²) in [5.74, 6) is 0.174. The van der Waals surface area contributed by atoms with E-state index in [0.29, 0.717) is 28.5 Å². The predicted molar refractivity (Wildman–Crippen MR) is 79.6 cm³/mol. The molecular weight excluding hydrogens is 322 g/mol. The second-order valence-electron chi connectivity index (χ2n) is 5.26. The number of anilines is 1. The van der Waals surface area contributed by atoms with Gasteiger partial charge in [-0.2, -0.15) is 0 Å². The zero-order valence-corrected chi connectivity index (χ0v) is 12.0. The number of nitrogens with one attached hydrogen (secondary N) is 1. The fraction of sp³-hybridized carbons (Fsp3) is 0.133. The molecule has 0 spiro atoms. The number of nitrogens with two attached hydrogens (primary N) is 1. The van der Waals surface area contributed by atoms with Crippen molar-refractivity contribution in [3.63, 3.8) is 0 Å². The predicted octanol–water partition coefficient (Wildman–Crippen LogP) is 2.00. The van der Waals surface area contributed by atoms with Crippen LogP contribution in [0.1, 0.15) is 15.9 Å². The molecule has 2 aromatic rings. The van der Waals surface area contributed by atoms with E-state index in [1.54, 1.807) is 6.07 Å². The van der Waals surface area contributed by atoms with Crippen molar-refractivity contribution in [3.8, 4) is 11.5 Å². The zero-order chi connectivity index (χ0) is 16.9. The van der Waals surface area contributed by atoms with Gasteiger partial charge in [-0.15, -0.1) is 8.78 Å². The third-order valence-electron chi connectivity index (χ3n) is 3.52. The Balaban J connectivity index is 1.52. The molecule has 0 bridgehead atoms. The number of amides is 1. The van der Waals surface area contributed by atoms with Crippen LogP contribution in [0.2, 0.25) is 0 Å². The summed E-state index contributed by atoms with van der Waals surface area (Å²) in [6.07, 6.45) is -2.03. The SMILES string of the molecule is Nc1ccc(C(=O)NC2=Nc3cc4c(cc3C2)OC(F)(F)O4)cn1. The van der Waals surface area contributed by atoms with Gasteiger partial charge in [0.2, 0.25) is 0 Å². The van der Waals surface area contributed by atoms with Gasteiger partial charge in [-0.25, -0.2) is 9.98 Å². The Labute approximate surface area is 134 Å². The van der Waals surface area contributed by atoms with E-state index in [1.807, 2.05) is 0 Å². The van der Waals surface area contributed by atoms with Crippen LogP contribution >= 0.6 is 0 Å². The fourth-order valence-electron chi connectivity index (χ4n) is 2.45. The molecule has 0 radical (unpaired) electrons. The number of nitrogens with zero attached hydrogens (tertiary/aromatic N) is 2. The van der Waals surface area contributed by atoms with Crippen LogP contribution in [0.4, 0.5) is 20.3 Å². The molecule has 9 heteroatoms. The van der Waals surface area contributed by atoms with Crippen LogP contribution in [-0.2, 0) is 6.42 Å². The van der Waals surface area contributed by atoms with E-state index in [4.69, 9.17) is 5.73 Å². The maximum absolute atomic E-state index is 13.0. The highest BCUT2D eigenvalue weighted by atomic mass is 19.3. The highest BCUT2D eigenvalue weighted by Gasteiger charge is 2.44. The minimum absolute atomic E-state index is 0.0516. The third kappa shape index (κ3) is 2.49. The minimum Gasteiger partial charge on any atom is -0.395 e. The van der Waals surface area contributed by atoms with Gasteiger partial charge in [-0.05, 0) is 23.8 Å². The lowest BCUT2D eigenvalue weighted by atomic mass is 10.1. The largest absolute Gasteiger partial charge is 0.586 e. The topological polar surface area (TPSA) is 98.8 Å². The lowest BCUT2D eigenvalue weighted by Crippen LogP contribution is -2.30. The van der Waals surface area contributed by atoms with Crippen molar-refractivity contribution >= 4 is 23.2 Å². The minimum atomic E-state index is -3.67. The number of halogens is 2. The summed E-state index contributed by atoms with van der Waals surface area (Å²) in [7, 11) is 0. The summed E-state index contributed by atoms with van der Waals surface area (Å²) in [4.78, 5) is 20.2. The Hall–Kier alpha value is -3.23. The maximum Gasteiger partial charge on any atom is 0.586 e. The molecule has 1 amide bonds. The Morgan fingerprint density at radius 1 is 1.25 bits per heavy atom. The molecule has 3 heterocycles. The van der Waals surface area contributed by atoms with Crippen LogP contribution in [0.15, 0.2) is 35.5 Å². The van der Waals surface area contributed by atoms with Crippen LogP contribution in [0.25, 0.3) is 0 Å². The van der Waals surface area contributed by atoms with Gasteiger partial charge >= 0.3 is 6.29 Å². The number of pyridine rings is 1. The van der Waals surface area contributed by atoms with Gasteiger partial charge in [-0.3, -0.25) is 4.79 Å². The molecule has 1 aromatic heterocycles. The normalized spacial score (nSPS) is 16.5. The molecule has 0 unspecified atom stereocenters. The monoisotopic (exact) mass is 332 g/mol. The molecule has 2 aliphatic heterocycles. The lowest BCUT2D eigenvalue weighted by Gasteiger charge is -2.05. The molecule has 0 aliphatic carbocycles. The second kappa shape index (κ2) is 4.88. The van der Waals surface area contributed by atoms with E-state index in [9.17, 15) is 13.6 Å².